The molecular weight excluding hydrogens is 495 g/mol. The number of ether oxygens (including phenoxy) is 1. The van der Waals surface area contributed by atoms with Crippen LogP contribution in [-0.4, -0.2) is 57.3 Å². The highest BCUT2D eigenvalue weighted by Gasteiger charge is 2.55. The highest BCUT2D eigenvalue weighted by molar-refractivity contribution is 7.87. The molecule has 0 spiro atoms. The topological polar surface area (TPSA) is 91.4 Å². The number of carbonyl (C=O) groups excluding carboxylic acids is 1. The van der Waals surface area contributed by atoms with E-state index in [9.17, 15) is 26.4 Å². The van der Waals surface area contributed by atoms with E-state index in [1.165, 1.54) is 6.08 Å². The fourth-order valence-corrected chi connectivity index (χ4v) is 4.99. The Labute approximate surface area is 201 Å². The van der Waals surface area contributed by atoms with Gasteiger partial charge in [0.05, 0.1) is 0 Å². The third-order valence-electron chi connectivity index (χ3n) is 6.21. The number of carbonyl (C=O) groups is 1. The molecule has 2 aliphatic heterocycles. The van der Waals surface area contributed by atoms with Gasteiger partial charge in [-0.15, -0.1) is 0 Å². The maximum absolute atomic E-state index is 13.0. The van der Waals surface area contributed by atoms with Gasteiger partial charge in [0, 0.05) is 6.61 Å². The second kappa shape index (κ2) is 9.29. The Hall–Kier alpha value is -1.31. The average Bonchev–Trinajstić information content (AvgIpc) is 2.62. The molecule has 0 aromatic heterocycles. The molecule has 2 heterocycles. The van der Waals surface area contributed by atoms with E-state index in [4.69, 9.17) is 14.0 Å². The standard InChI is InChI=1S/C21H36F3NO7SSi/c1-18(2,3)30-17(26)25-15-10-12-20(32-25,11-9-13-29-34(7,8)19(4,5)6)14-16(15)31-33(27,28)21(22,23)24/h14-15H,9-13H2,1-8H3. The summed E-state index contributed by atoms with van der Waals surface area (Å²) in [7, 11) is -7.92. The first-order chi connectivity index (χ1) is 15.1. The number of amides is 1. The summed E-state index contributed by atoms with van der Waals surface area (Å²) in [6.07, 6.45) is 1.61. The monoisotopic (exact) mass is 531 g/mol. The first-order valence-corrected chi connectivity index (χ1v) is 15.5. The van der Waals surface area contributed by atoms with Crippen LogP contribution in [0.1, 0.15) is 67.2 Å². The van der Waals surface area contributed by atoms with Gasteiger partial charge < -0.3 is 13.3 Å². The molecule has 2 unspecified atom stereocenters. The van der Waals surface area contributed by atoms with Crippen LogP contribution in [0, 0.1) is 0 Å². The van der Waals surface area contributed by atoms with Gasteiger partial charge in [-0.1, -0.05) is 20.8 Å². The number of hydrogen-bond donors (Lipinski definition) is 0. The zero-order chi connectivity index (χ0) is 26.4. The summed E-state index contributed by atoms with van der Waals surface area (Å²) in [6, 6.07) is -1.16. The van der Waals surface area contributed by atoms with E-state index in [1.54, 1.807) is 20.8 Å². The maximum Gasteiger partial charge on any atom is 0.534 e. The first kappa shape index (κ1) is 28.9. The molecule has 2 bridgehead atoms. The minimum atomic E-state index is -5.91. The lowest BCUT2D eigenvalue weighted by Crippen LogP contribution is -2.58. The van der Waals surface area contributed by atoms with E-state index in [1.807, 2.05) is 0 Å². The van der Waals surface area contributed by atoms with E-state index in [2.05, 4.69) is 38.0 Å². The van der Waals surface area contributed by atoms with Crippen molar-refractivity contribution >= 4 is 24.5 Å². The molecule has 2 atom stereocenters. The van der Waals surface area contributed by atoms with Crippen molar-refractivity contribution in [2.75, 3.05) is 6.61 Å². The molecule has 0 aromatic carbocycles. The molecule has 8 nitrogen and oxygen atoms in total. The van der Waals surface area contributed by atoms with Crippen molar-refractivity contribution in [3.8, 4) is 0 Å². The van der Waals surface area contributed by atoms with Gasteiger partial charge in [0.15, 0.2) is 8.32 Å². The Morgan fingerprint density at radius 1 is 1.21 bits per heavy atom. The maximum atomic E-state index is 13.0. The quantitative estimate of drug-likeness (QED) is 0.182. The van der Waals surface area contributed by atoms with Crippen LogP contribution < -0.4 is 0 Å². The molecule has 13 heteroatoms. The normalized spacial score (nSPS) is 24.1. The van der Waals surface area contributed by atoms with Gasteiger partial charge in [0.25, 0.3) is 0 Å². The van der Waals surface area contributed by atoms with E-state index in [0.717, 1.165) is 5.06 Å². The minimum Gasteiger partial charge on any atom is -0.442 e. The molecule has 0 radical (unpaired) electrons. The smallest absolute Gasteiger partial charge is 0.442 e. The molecular formula is C21H36F3NO7SSi. The summed E-state index contributed by atoms with van der Waals surface area (Å²) in [5.74, 6) is -0.494. The molecule has 0 N–H and O–H groups in total. The van der Waals surface area contributed by atoms with Gasteiger partial charge >= 0.3 is 21.7 Å². The van der Waals surface area contributed by atoms with Gasteiger partial charge in [0.1, 0.15) is 23.0 Å². The fraction of sp³-hybridized carbons (Fsp3) is 0.857. The average molecular weight is 532 g/mol. The van der Waals surface area contributed by atoms with Gasteiger partial charge in [-0.25, -0.2) is 4.79 Å². The van der Waals surface area contributed by atoms with Gasteiger partial charge in [-0.3, -0.25) is 4.84 Å². The van der Waals surface area contributed by atoms with Crippen molar-refractivity contribution in [3.05, 3.63) is 11.8 Å². The summed E-state index contributed by atoms with van der Waals surface area (Å²) in [5.41, 5.74) is -7.73. The minimum absolute atomic E-state index is 0.00502. The molecule has 0 saturated carbocycles. The molecule has 0 aromatic rings. The lowest BCUT2D eigenvalue weighted by atomic mass is 9.82. The Morgan fingerprint density at radius 2 is 1.79 bits per heavy atom. The lowest BCUT2D eigenvalue weighted by Gasteiger charge is -2.49. The van der Waals surface area contributed by atoms with Crippen LogP contribution in [0.15, 0.2) is 11.8 Å². The Kier molecular flexibility index (Phi) is 7.90. The second-order valence-electron chi connectivity index (χ2n) is 11.3. The summed E-state index contributed by atoms with van der Waals surface area (Å²) in [6.45, 7) is 15.8. The van der Waals surface area contributed by atoms with Crippen LogP contribution in [0.4, 0.5) is 18.0 Å². The van der Waals surface area contributed by atoms with Crippen LogP contribution in [0.3, 0.4) is 0 Å². The molecule has 1 saturated heterocycles. The molecule has 3 rings (SSSR count). The Morgan fingerprint density at radius 3 is 2.29 bits per heavy atom. The van der Waals surface area contributed by atoms with Crippen LogP contribution in [0.5, 0.6) is 0 Å². The van der Waals surface area contributed by atoms with Crippen molar-refractivity contribution in [2.45, 2.75) is 108 Å². The number of rotatable bonds is 7. The summed E-state index contributed by atoms with van der Waals surface area (Å²) < 4.78 is 78.2. The number of hydroxylamine groups is 2. The predicted molar refractivity (Wildman–Crippen MR) is 121 cm³/mol. The van der Waals surface area contributed by atoms with Crippen LogP contribution in [0.25, 0.3) is 0 Å². The summed E-state index contributed by atoms with van der Waals surface area (Å²) in [5, 5.41) is 0.801. The Bertz CT molecular complexity index is 907. The van der Waals surface area contributed by atoms with Gasteiger partial charge in [0.2, 0.25) is 0 Å². The highest BCUT2D eigenvalue weighted by atomic mass is 32.2. The SMILES string of the molecule is CC(C)(C)OC(=O)N1OC2(CCCO[Si](C)(C)C(C)(C)C)C=C(OS(=O)(=O)C(F)(F)F)C1CC2. The zero-order valence-corrected chi connectivity index (χ0v) is 22.9. The highest BCUT2D eigenvalue weighted by Crippen LogP contribution is 2.45. The number of hydrogen-bond acceptors (Lipinski definition) is 7. The molecule has 3 aliphatic rings. The molecule has 1 fully saturated rings. The zero-order valence-electron chi connectivity index (χ0n) is 21.0. The number of nitrogens with zero attached hydrogens (tertiary/aromatic N) is 1. The van der Waals surface area contributed by atoms with Crippen molar-refractivity contribution in [1.82, 2.24) is 5.06 Å². The van der Waals surface area contributed by atoms with Crippen molar-refractivity contribution in [3.63, 3.8) is 0 Å². The second-order valence-corrected chi connectivity index (χ2v) is 17.6. The molecule has 1 aliphatic carbocycles. The largest absolute Gasteiger partial charge is 0.534 e. The van der Waals surface area contributed by atoms with Gasteiger partial charge in [-0.05, 0) is 70.7 Å². The van der Waals surface area contributed by atoms with E-state index in [-0.39, 0.29) is 17.9 Å². The van der Waals surface area contributed by atoms with Crippen molar-refractivity contribution in [1.29, 1.82) is 0 Å². The molecule has 34 heavy (non-hydrogen) atoms. The third-order valence-corrected chi connectivity index (χ3v) is 11.7. The number of alkyl halides is 3. The van der Waals surface area contributed by atoms with Crippen LogP contribution >= 0.6 is 0 Å². The molecule has 198 valence electrons. The third kappa shape index (κ3) is 6.67. The van der Waals surface area contributed by atoms with Crippen LogP contribution in [-0.2, 0) is 28.3 Å². The predicted octanol–water partition coefficient (Wildman–Crippen LogP) is 5.62. The van der Waals surface area contributed by atoms with Gasteiger partial charge in [-0.2, -0.15) is 26.7 Å². The van der Waals surface area contributed by atoms with E-state index < -0.39 is 53.0 Å². The van der Waals surface area contributed by atoms with Crippen molar-refractivity contribution < 1.29 is 44.6 Å². The summed E-state index contributed by atoms with van der Waals surface area (Å²) in [4.78, 5) is 18.6. The fourth-order valence-electron chi connectivity index (χ4n) is 3.40. The van der Waals surface area contributed by atoms with Crippen LogP contribution in [0.2, 0.25) is 18.1 Å². The van der Waals surface area contributed by atoms with E-state index >= 15 is 0 Å². The number of halogens is 3. The van der Waals surface area contributed by atoms with Crippen molar-refractivity contribution in [2.24, 2.45) is 0 Å². The van der Waals surface area contributed by atoms with E-state index in [0.29, 0.717) is 19.4 Å². The molecule has 1 amide bonds. The lowest BCUT2D eigenvalue weighted by molar-refractivity contribution is -0.269. The number of fused-ring (bicyclic) bond motifs is 2. The Balaban J connectivity index is 2.27. The first-order valence-electron chi connectivity index (χ1n) is 11.2. The summed E-state index contributed by atoms with van der Waals surface area (Å²) >= 11 is 0.